The Bertz CT molecular complexity index is 478. The fourth-order valence-electron chi connectivity index (χ4n) is 2.23. The summed E-state index contributed by atoms with van der Waals surface area (Å²) in [4.78, 5) is 10.8. The Morgan fingerprint density at radius 1 is 1.28 bits per heavy atom. The second kappa shape index (κ2) is 3.98. The lowest BCUT2D eigenvalue weighted by atomic mass is 9.86. The average molecular weight is 260 g/mol. The zero-order valence-electron chi connectivity index (χ0n) is 9.24. The molecular formula is C12H11F3O3. The standard InChI is InChI=1S/C12H11F3O3/c13-12(14,15)8-4-2-1-3-7(8)11(5-6-11)9(16)10(17)18/h1-4,9,16H,5-6H2,(H,17,18). The normalized spacial score (nSPS) is 19.3. The first-order chi connectivity index (χ1) is 8.29. The number of benzene rings is 1. The molecule has 6 heteroatoms. The number of carbonyl (C=O) groups is 1. The molecule has 0 radical (unpaired) electrons. The number of halogens is 3. The van der Waals surface area contributed by atoms with Crippen molar-refractivity contribution in [2.45, 2.75) is 30.5 Å². The van der Waals surface area contributed by atoms with Gasteiger partial charge in [0.1, 0.15) is 0 Å². The largest absolute Gasteiger partial charge is 0.479 e. The van der Waals surface area contributed by atoms with E-state index in [4.69, 9.17) is 5.11 Å². The van der Waals surface area contributed by atoms with E-state index in [1.54, 1.807) is 0 Å². The summed E-state index contributed by atoms with van der Waals surface area (Å²) >= 11 is 0. The Balaban J connectivity index is 2.50. The Morgan fingerprint density at radius 2 is 1.83 bits per heavy atom. The second-order valence-electron chi connectivity index (χ2n) is 4.44. The lowest BCUT2D eigenvalue weighted by molar-refractivity contribution is -0.150. The predicted molar refractivity (Wildman–Crippen MR) is 56.0 cm³/mol. The number of aliphatic hydroxyl groups excluding tert-OH is 1. The number of carboxylic acids is 1. The molecule has 2 N–H and O–H groups in total. The molecular weight excluding hydrogens is 249 g/mol. The maximum absolute atomic E-state index is 12.8. The maximum Gasteiger partial charge on any atom is 0.416 e. The lowest BCUT2D eigenvalue weighted by Gasteiger charge is -2.23. The summed E-state index contributed by atoms with van der Waals surface area (Å²) in [6.07, 6.45) is -5.87. The summed E-state index contributed by atoms with van der Waals surface area (Å²) in [7, 11) is 0. The van der Waals surface area contributed by atoms with Gasteiger partial charge >= 0.3 is 12.1 Å². The van der Waals surface area contributed by atoms with Gasteiger partial charge in [-0.05, 0) is 24.5 Å². The van der Waals surface area contributed by atoms with Gasteiger partial charge in [0.05, 0.1) is 5.56 Å². The molecule has 1 aliphatic rings. The Kier molecular flexibility index (Phi) is 2.85. The van der Waals surface area contributed by atoms with Gasteiger partial charge in [-0.25, -0.2) is 4.79 Å². The van der Waals surface area contributed by atoms with Crippen molar-refractivity contribution in [3.8, 4) is 0 Å². The van der Waals surface area contributed by atoms with Crippen LogP contribution in [0.2, 0.25) is 0 Å². The number of rotatable bonds is 3. The van der Waals surface area contributed by atoms with E-state index in [2.05, 4.69) is 0 Å². The molecule has 1 aromatic carbocycles. The quantitative estimate of drug-likeness (QED) is 0.875. The topological polar surface area (TPSA) is 57.5 Å². The third-order valence-corrected chi connectivity index (χ3v) is 3.31. The van der Waals surface area contributed by atoms with Gasteiger partial charge in [-0.1, -0.05) is 18.2 Å². The molecule has 1 aliphatic carbocycles. The van der Waals surface area contributed by atoms with Gasteiger partial charge in [0.25, 0.3) is 0 Å². The maximum atomic E-state index is 12.8. The van der Waals surface area contributed by atoms with Crippen molar-refractivity contribution in [3.05, 3.63) is 35.4 Å². The predicted octanol–water partition coefficient (Wildman–Crippen LogP) is 2.18. The smallest absolute Gasteiger partial charge is 0.416 e. The fraction of sp³-hybridized carbons (Fsp3) is 0.417. The van der Waals surface area contributed by atoms with Crippen LogP contribution in [0.1, 0.15) is 24.0 Å². The SMILES string of the molecule is O=C(O)C(O)C1(c2ccccc2C(F)(F)F)CC1. The van der Waals surface area contributed by atoms with Crippen LogP contribution in [0.5, 0.6) is 0 Å². The van der Waals surface area contributed by atoms with Gasteiger partial charge in [-0.15, -0.1) is 0 Å². The molecule has 0 spiro atoms. The molecule has 2 rings (SSSR count). The van der Waals surface area contributed by atoms with Gasteiger partial charge < -0.3 is 10.2 Å². The zero-order chi connectivity index (χ0) is 13.6. The van der Waals surface area contributed by atoms with E-state index in [-0.39, 0.29) is 18.4 Å². The van der Waals surface area contributed by atoms with Gasteiger partial charge in [0, 0.05) is 5.41 Å². The summed E-state index contributed by atoms with van der Waals surface area (Å²) in [6.45, 7) is 0. The molecule has 1 unspecified atom stereocenters. The third kappa shape index (κ3) is 1.96. The summed E-state index contributed by atoms with van der Waals surface area (Å²) in [6, 6.07) is 4.81. The number of aliphatic hydroxyl groups is 1. The molecule has 0 amide bonds. The van der Waals surface area contributed by atoms with Crippen LogP contribution < -0.4 is 0 Å². The number of hydrogen-bond donors (Lipinski definition) is 2. The average Bonchev–Trinajstić information content (AvgIpc) is 3.08. The van der Waals surface area contributed by atoms with Crippen molar-refractivity contribution in [1.82, 2.24) is 0 Å². The molecule has 1 atom stereocenters. The Hall–Kier alpha value is -1.56. The minimum atomic E-state index is -4.55. The van der Waals surface area contributed by atoms with Gasteiger partial charge in [-0.2, -0.15) is 13.2 Å². The lowest BCUT2D eigenvalue weighted by Crippen LogP contribution is -2.35. The van der Waals surface area contributed by atoms with Crippen molar-refractivity contribution >= 4 is 5.97 Å². The number of hydrogen-bond acceptors (Lipinski definition) is 2. The first-order valence-corrected chi connectivity index (χ1v) is 5.36. The highest BCUT2D eigenvalue weighted by Gasteiger charge is 2.56. The molecule has 1 fully saturated rings. The van der Waals surface area contributed by atoms with Crippen LogP contribution in [-0.4, -0.2) is 22.3 Å². The van der Waals surface area contributed by atoms with Crippen molar-refractivity contribution in [1.29, 1.82) is 0 Å². The highest BCUT2D eigenvalue weighted by atomic mass is 19.4. The third-order valence-electron chi connectivity index (χ3n) is 3.31. The first kappa shape index (κ1) is 12.9. The highest BCUT2D eigenvalue weighted by Crippen LogP contribution is 2.54. The van der Waals surface area contributed by atoms with Crippen LogP contribution in [0, 0.1) is 0 Å². The van der Waals surface area contributed by atoms with E-state index in [1.165, 1.54) is 18.2 Å². The Morgan fingerprint density at radius 3 is 2.28 bits per heavy atom. The minimum Gasteiger partial charge on any atom is -0.479 e. The van der Waals surface area contributed by atoms with E-state index in [0.29, 0.717) is 0 Å². The molecule has 0 aromatic heterocycles. The number of alkyl halides is 3. The second-order valence-corrected chi connectivity index (χ2v) is 4.44. The van der Waals surface area contributed by atoms with Crippen LogP contribution in [0.15, 0.2) is 24.3 Å². The number of carboxylic acid groups (broad SMARTS) is 1. The summed E-state index contributed by atoms with van der Waals surface area (Å²) in [5.74, 6) is -1.50. The molecule has 1 saturated carbocycles. The van der Waals surface area contributed by atoms with Gasteiger partial charge in [0.2, 0.25) is 0 Å². The minimum absolute atomic E-state index is 0.132. The summed E-state index contributed by atoms with van der Waals surface area (Å²) in [5, 5.41) is 18.4. The first-order valence-electron chi connectivity index (χ1n) is 5.36. The molecule has 0 heterocycles. The van der Waals surface area contributed by atoms with E-state index >= 15 is 0 Å². The molecule has 98 valence electrons. The molecule has 0 bridgehead atoms. The van der Waals surface area contributed by atoms with Gasteiger partial charge in [-0.3, -0.25) is 0 Å². The molecule has 3 nitrogen and oxygen atoms in total. The van der Waals surface area contributed by atoms with Crippen LogP contribution in [-0.2, 0) is 16.4 Å². The van der Waals surface area contributed by atoms with Crippen molar-refractivity contribution in [2.75, 3.05) is 0 Å². The summed E-state index contributed by atoms with van der Waals surface area (Å²) in [5.41, 5.74) is -2.30. The van der Waals surface area contributed by atoms with Gasteiger partial charge in [0.15, 0.2) is 6.10 Å². The zero-order valence-corrected chi connectivity index (χ0v) is 9.24. The fourth-order valence-corrected chi connectivity index (χ4v) is 2.23. The summed E-state index contributed by atoms with van der Waals surface area (Å²) < 4.78 is 38.5. The van der Waals surface area contributed by atoms with Crippen molar-refractivity contribution < 1.29 is 28.2 Å². The van der Waals surface area contributed by atoms with Crippen molar-refractivity contribution in [3.63, 3.8) is 0 Å². The van der Waals surface area contributed by atoms with Crippen LogP contribution in [0.4, 0.5) is 13.2 Å². The van der Waals surface area contributed by atoms with E-state index < -0.39 is 29.2 Å². The van der Waals surface area contributed by atoms with Crippen LogP contribution in [0.25, 0.3) is 0 Å². The molecule has 0 saturated heterocycles. The van der Waals surface area contributed by atoms with Crippen LogP contribution in [0.3, 0.4) is 0 Å². The van der Waals surface area contributed by atoms with Crippen molar-refractivity contribution in [2.24, 2.45) is 0 Å². The molecule has 1 aromatic rings. The van der Waals surface area contributed by atoms with E-state index in [0.717, 1.165) is 6.07 Å². The molecule has 18 heavy (non-hydrogen) atoms. The van der Waals surface area contributed by atoms with E-state index in [1.807, 2.05) is 0 Å². The van der Waals surface area contributed by atoms with Crippen LogP contribution >= 0.6 is 0 Å². The monoisotopic (exact) mass is 260 g/mol. The number of aliphatic carboxylic acids is 1. The highest BCUT2D eigenvalue weighted by molar-refractivity contribution is 5.76. The Labute approximate surface area is 101 Å². The molecule has 0 aliphatic heterocycles. The van der Waals surface area contributed by atoms with E-state index in [9.17, 15) is 23.1 Å².